The lowest BCUT2D eigenvalue weighted by Gasteiger charge is -2.16. The van der Waals surface area contributed by atoms with Crippen molar-refractivity contribution >= 4 is 0 Å². The number of rotatable bonds is 5. The maximum atomic E-state index is 8.50. The van der Waals surface area contributed by atoms with E-state index in [1.54, 1.807) is 14.2 Å². The van der Waals surface area contributed by atoms with Crippen LogP contribution in [0.4, 0.5) is 0 Å². The van der Waals surface area contributed by atoms with Crippen LogP contribution in [0.5, 0.6) is 11.5 Å². The number of nitriles is 1. The molecular weight excluding hydrogens is 216 g/mol. The van der Waals surface area contributed by atoms with Gasteiger partial charge in [0.2, 0.25) is 0 Å². The fourth-order valence-corrected chi connectivity index (χ4v) is 1.81. The summed E-state index contributed by atoms with van der Waals surface area (Å²) >= 11 is 0. The predicted octanol–water partition coefficient (Wildman–Crippen LogP) is 1.93. The molecule has 17 heavy (non-hydrogen) atoms. The molecule has 0 atom stereocenters. The predicted molar refractivity (Wildman–Crippen MR) is 66.3 cm³/mol. The van der Waals surface area contributed by atoms with E-state index >= 15 is 0 Å². The van der Waals surface area contributed by atoms with Crippen LogP contribution in [0.2, 0.25) is 0 Å². The molecule has 0 amide bonds. The summed E-state index contributed by atoms with van der Waals surface area (Å²) in [6.45, 7) is 4.92. The number of hydrogen-bond acceptors (Lipinski definition) is 4. The first-order valence-corrected chi connectivity index (χ1v) is 5.44. The molecule has 0 aliphatic rings. The number of nitrogens with one attached hydrogen (secondary N) is 1. The molecule has 0 fully saturated rings. The Morgan fingerprint density at radius 2 is 1.94 bits per heavy atom. The van der Waals surface area contributed by atoms with E-state index < -0.39 is 0 Å². The summed E-state index contributed by atoms with van der Waals surface area (Å²) in [6.07, 6.45) is 0. The van der Waals surface area contributed by atoms with Gasteiger partial charge in [0.05, 0.1) is 26.8 Å². The summed E-state index contributed by atoms with van der Waals surface area (Å²) < 4.78 is 10.7. The third-order valence-corrected chi connectivity index (χ3v) is 2.81. The van der Waals surface area contributed by atoms with E-state index in [2.05, 4.69) is 5.32 Å². The first-order chi connectivity index (χ1) is 8.15. The van der Waals surface area contributed by atoms with Gasteiger partial charge in [-0.3, -0.25) is 0 Å². The summed E-state index contributed by atoms with van der Waals surface area (Å²) in [7, 11) is 3.31. The Bertz CT molecular complexity index is 436. The van der Waals surface area contributed by atoms with Crippen molar-refractivity contribution in [1.29, 1.82) is 5.26 Å². The monoisotopic (exact) mass is 234 g/mol. The highest BCUT2D eigenvalue weighted by Gasteiger charge is 2.13. The van der Waals surface area contributed by atoms with Crippen LogP contribution in [0.25, 0.3) is 0 Å². The standard InChI is InChI=1S/C13H18N2O2/c1-9-10(2)13(17-4)11(7-12(9)16-3)8-15-6-5-14/h7,15H,6,8H2,1-4H3. The molecule has 1 aromatic carbocycles. The zero-order valence-corrected chi connectivity index (χ0v) is 10.8. The lowest BCUT2D eigenvalue weighted by atomic mass is 10.0. The largest absolute Gasteiger partial charge is 0.496 e. The average molecular weight is 234 g/mol. The quantitative estimate of drug-likeness (QED) is 0.625. The molecule has 0 bridgehead atoms. The second-order valence-electron chi connectivity index (χ2n) is 3.78. The van der Waals surface area contributed by atoms with Crippen molar-refractivity contribution in [2.75, 3.05) is 20.8 Å². The second kappa shape index (κ2) is 6.12. The third-order valence-electron chi connectivity index (χ3n) is 2.81. The fourth-order valence-electron chi connectivity index (χ4n) is 1.81. The lowest BCUT2D eigenvalue weighted by molar-refractivity contribution is 0.392. The van der Waals surface area contributed by atoms with E-state index in [4.69, 9.17) is 14.7 Å². The maximum absolute atomic E-state index is 8.50. The van der Waals surface area contributed by atoms with Gasteiger partial charge >= 0.3 is 0 Å². The molecule has 0 aliphatic heterocycles. The van der Waals surface area contributed by atoms with Crippen LogP contribution in [-0.2, 0) is 6.54 Å². The number of ether oxygens (including phenoxy) is 2. The number of hydrogen-bond donors (Lipinski definition) is 1. The Labute approximate surface area is 102 Å². The van der Waals surface area contributed by atoms with Crippen molar-refractivity contribution < 1.29 is 9.47 Å². The summed E-state index contributed by atoms with van der Waals surface area (Å²) in [4.78, 5) is 0. The minimum Gasteiger partial charge on any atom is -0.496 e. The van der Waals surface area contributed by atoms with Gasteiger partial charge in [-0.25, -0.2) is 0 Å². The normalized spacial score (nSPS) is 9.82. The van der Waals surface area contributed by atoms with Crippen molar-refractivity contribution in [3.63, 3.8) is 0 Å². The highest BCUT2D eigenvalue weighted by Crippen LogP contribution is 2.33. The Kier molecular flexibility index (Phi) is 4.80. The van der Waals surface area contributed by atoms with Gasteiger partial charge in [-0.05, 0) is 31.0 Å². The highest BCUT2D eigenvalue weighted by atomic mass is 16.5. The van der Waals surface area contributed by atoms with Crippen LogP contribution in [0.3, 0.4) is 0 Å². The molecule has 0 aliphatic carbocycles. The van der Waals surface area contributed by atoms with E-state index in [9.17, 15) is 0 Å². The lowest BCUT2D eigenvalue weighted by Crippen LogP contribution is -2.14. The summed E-state index contributed by atoms with van der Waals surface area (Å²) in [5.41, 5.74) is 3.15. The highest BCUT2D eigenvalue weighted by molar-refractivity contribution is 5.52. The van der Waals surface area contributed by atoms with Gasteiger partial charge in [0.25, 0.3) is 0 Å². The van der Waals surface area contributed by atoms with Crippen LogP contribution < -0.4 is 14.8 Å². The Morgan fingerprint density at radius 1 is 1.24 bits per heavy atom. The number of methoxy groups -OCH3 is 2. The van der Waals surface area contributed by atoms with Gasteiger partial charge < -0.3 is 14.8 Å². The molecule has 1 N–H and O–H groups in total. The summed E-state index contributed by atoms with van der Waals surface area (Å²) in [6, 6.07) is 4.00. The minimum atomic E-state index is 0.318. The molecule has 0 saturated heterocycles. The topological polar surface area (TPSA) is 54.3 Å². The van der Waals surface area contributed by atoms with Gasteiger partial charge in [0.1, 0.15) is 11.5 Å². The van der Waals surface area contributed by atoms with Crippen molar-refractivity contribution in [1.82, 2.24) is 5.32 Å². The molecule has 1 aromatic rings. The van der Waals surface area contributed by atoms with E-state index in [1.165, 1.54) is 0 Å². The molecule has 0 unspecified atom stereocenters. The van der Waals surface area contributed by atoms with Crippen molar-refractivity contribution in [3.8, 4) is 17.6 Å². The van der Waals surface area contributed by atoms with Gasteiger partial charge in [-0.1, -0.05) is 0 Å². The molecule has 0 spiro atoms. The van der Waals surface area contributed by atoms with Crippen LogP contribution >= 0.6 is 0 Å². The third kappa shape index (κ3) is 2.89. The van der Waals surface area contributed by atoms with E-state index in [0.29, 0.717) is 13.1 Å². The van der Waals surface area contributed by atoms with Crippen LogP contribution in [-0.4, -0.2) is 20.8 Å². The van der Waals surface area contributed by atoms with Gasteiger partial charge in [0.15, 0.2) is 0 Å². The number of benzene rings is 1. The van der Waals surface area contributed by atoms with Crippen LogP contribution in [0.1, 0.15) is 16.7 Å². The molecule has 1 rings (SSSR count). The van der Waals surface area contributed by atoms with E-state index in [-0.39, 0.29) is 0 Å². The molecule has 0 saturated carbocycles. The van der Waals surface area contributed by atoms with E-state index in [1.807, 2.05) is 26.0 Å². The Morgan fingerprint density at radius 3 is 2.47 bits per heavy atom. The molecule has 92 valence electrons. The first-order valence-electron chi connectivity index (χ1n) is 5.44. The molecule has 0 radical (unpaired) electrons. The van der Waals surface area contributed by atoms with Crippen molar-refractivity contribution in [2.24, 2.45) is 0 Å². The first kappa shape index (κ1) is 13.3. The van der Waals surface area contributed by atoms with Crippen LogP contribution in [0, 0.1) is 25.2 Å². The Hall–Kier alpha value is -1.73. The minimum absolute atomic E-state index is 0.318. The zero-order valence-electron chi connectivity index (χ0n) is 10.8. The molecule has 4 nitrogen and oxygen atoms in total. The molecular formula is C13H18N2O2. The van der Waals surface area contributed by atoms with Gasteiger partial charge in [0, 0.05) is 12.1 Å². The average Bonchev–Trinajstić information content (AvgIpc) is 2.34. The molecule has 0 heterocycles. The molecule has 4 heteroatoms. The number of nitrogens with zero attached hydrogens (tertiary/aromatic N) is 1. The Balaban J connectivity index is 3.10. The fraction of sp³-hybridized carbons (Fsp3) is 0.462. The van der Waals surface area contributed by atoms with Crippen molar-refractivity contribution in [2.45, 2.75) is 20.4 Å². The smallest absolute Gasteiger partial charge is 0.126 e. The second-order valence-corrected chi connectivity index (χ2v) is 3.78. The SMILES string of the molecule is COc1cc(CNCC#N)c(OC)c(C)c1C. The summed E-state index contributed by atoms with van der Waals surface area (Å²) in [5, 5.41) is 11.5. The maximum Gasteiger partial charge on any atom is 0.126 e. The van der Waals surface area contributed by atoms with Gasteiger partial charge in [-0.15, -0.1) is 0 Å². The summed E-state index contributed by atoms with van der Waals surface area (Å²) in [5.74, 6) is 1.70. The zero-order chi connectivity index (χ0) is 12.8. The van der Waals surface area contributed by atoms with Gasteiger partial charge in [-0.2, -0.15) is 5.26 Å². The van der Waals surface area contributed by atoms with Crippen LogP contribution in [0.15, 0.2) is 6.07 Å². The van der Waals surface area contributed by atoms with E-state index in [0.717, 1.165) is 28.2 Å². The van der Waals surface area contributed by atoms with Crippen molar-refractivity contribution in [3.05, 3.63) is 22.8 Å². The molecule has 0 aromatic heterocycles.